The first-order valence-corrected chi connectivity index (χ1v) is 5.94. The number of fused-ring (bicyclic) bond motifs is 1. The van der Waals surface area contributed by atoms with Crippen LogP contribution in [0.4, 0.5) is 11.5 Å². The zero-order valence-electron chi connectivity index (χ0n) is 10.6. The number of ether oxygens (including phenoxy) is 1. The van der Waals surface area contributed by atoms with Crippen LogP contribution in [-0.4, -0.2) is 23.6 Å². The number of benzene rings is 1. The van der Waals surface area contributed by atoms with Gasteiger partial charge in [0.2, 0.25) is 0 Å². The first-order valence-electron chi connectivity index (χ1n) is 5.94. The second kappa shape index (κ2) is 4.69. The monoisotopic (exact) mass is 273 g/mol. The molecule has 0 spiro atoms. The summed E-state index contributed by atoms with van der Waals surface area (Å²) in [6, 6.07) is 6.56. The number of aromatic nitrogens is 1. The minimum Gasteiger partial charge on any atom is -0.482 e. The molecule has 20 heavy (non-hydrogen) atoms. The lowest BCUT2D eigenvalue weighted by Crippen LogP contribution is -2.27. The van der Waals surface area contributed by atoms with Crippen molar-refractivity contribution in [3.05, 3.63) is 35.6 Å². The Morgan fingerprint density at radius 3 is 3.05 bits per heavy atom. The van der Waals surface area contributed by atoms with Crippen LogP contribution in [0.25, 0.3) is 0 Å². The molecule has 2 aromatic rings. The van der Waals surface area contributed by atoms with Gasteiger partial charge in [-0.25, -0.2) is 0 Å². The molecule has 0 bridgehead atoms. The highest BCUT2D eigenvalue weighted by molar-refractivity contribution is 6.11. The summed E-state index contributed by atoms with van der Waals surface area (Å²) in [5.74, 6) is 0.671. The van der Waals surface area contributed by atoms with Gasteiger partial charge in [0.05, 0.1) is 11.3 Å². The number of carbonyl (C=O) groups is 2. The van der Waals surface area contributed by atoms with E-state index in [-0.39, 0.29) is 12.5 Å². The molecule has 0 radical (unpaired) electrons. The van der Waals surface area contributed by atoms with E-state index in [0.29, 0.717) is 28.6 Å². The van der Waals surface area contributed by atoms with Gasteiger partial charge in [-0.05, 0) is 19.1 Å². The lowest BCUT2D eigenvalue weighted by atomic mass is 10.1. The van der Waals surface area contributed by atoms with Gasteiger partial charge in [0.15, 0.2) is 12.4 Å². The number of hydrogen-bond donors (Lipinski definition) is 2. The molecule has 2 N–H and O–H groups in total. The number of carbonyl (C=O) groups excluding carboxylic acids is 2. The van der Waals surface area contributed by atoms with Crippen molar-refractivity contribution in [2.24, 2.45) is 0 Å². The van der Waals surface area contributed by atoms with Crippen LogP contribution in [0.1, 0.15) is 16.1 Å². The molecule has 2 heterocycles. The van der Waals surface area contributed by atoms with Gasteiger partial charge < -0.3 is 19.9 Å². The molecular formula is C13H11N3O4. The van der Waals surface area contributed by atoms with Crippen LogP contribution in [0.3, 0.4) is 0 Å². The molecule has 2 amide bonds. The van der Waals surface area contributed by atoms with Gasteiger partial charge in [-0.1, -0.05) is 11.2 Å². The van der Waals surface area contributed by atoms with Gasteiger partial charge in [-0.15, -0.1) is 0 Å². The SMILES string of the molecule is Cc1cc(NC(=O)c2cccc3c2NC(=O)CO3)no1. The Bertz CT molecular complexity index is 693. The molecule has 0 saturated carbocycles. The van der Waals surface area contributed by atoms with Crippen LogP contribution in [0, 0.1) is 6.92 Å². The summed E-state index contributed by atoms with van der Waals surface area (Å²) in [6.45, 7) is 1.67. The van der Waals surface area contributed by atoms with E-state index in [9.17, 15) is 9.59 Å². The fraction of sp³-hybridized carbons (Fsp3) is 0.154. The summed E-state index contributed by atoms with van der Waals surface area (Å²) in [6.07, 6.45) is 0. The maximum absolute atomic E-state index is 12.2. The number of rotatable bonds is 2. The Morgan fingerprint density at radius 1 is 1.45 bits per heavy atom. The summed E-state index contributed by atoms with van der Waals surface area (Å²) < 4.78 is 10.1. The first-order chi connectivity index (χ1) is 9.63. The van der Waals surface area contributed by atoms with Crippen molar-refractivity contribution >= 4 is 23.3 Å². The van der Waals surface area contributed by atoms with Crippen molar-refractivity contribution in [3.8, 4) is 5.75 Å². The maximum Gasteiger partial charge on any atom is 0.262 e. The summed E-state index contributed by atoms with van der Waals surface area (Å²) >= 11 is 0. The number of anilines is 2. The lowest BCUT2D eigenvalue weighted by Gasteiger charge is -2.20. The normalized spacial score (nSPS) is 13.2. The minimum atomic E-state index is -0.402. The van der Waals surface area contributed by atoms with E-state index in [1.54, 1.807) is 31.2 Å². The molecule has 3 rings (SSSR count). The third-order valence-corrected chi connectivity index (χ3v) is 2.76. The topological polar surface area (TPSA) is 93.5 Å². The summed E-state index contributed by atoms with van der Waals surface area (Å²) in [5, 5.41) is 8.91. The number of amides is 2. The molecular weight excluding hydrogens is 262 g/mol. The number of nitrogens with zero attached hydrogens (tertiary/aromatic N) is 1. The second-order valence-corrected chi connectivity index (χ2v) is 4.29. The van der Waals surface area contributed by atoms with Crippen molar-refractivity contribution in [2.75, 3.05) is 17.2 Å². The van der Waals surface area contributed by atoms with E-state index in [2.05, 4.69) is 15.8 Å². The average Bonchev–Trinajstić information content (AvgIpc) is 2.83. The Hall–Kier alpha value is -2.83. The largest absolute Gasteiger partial charge is 0.482 e. The molecule has 7 heteroatoms. The summed E-state index contributed by atoms with van der Waals surface area (Å²) in [4.78, 5) is 23.6. The lowest BCUT2D eigenvalue weighted by molar-refractivity contribution is -0.118. The number of para-hydroxylation sites is 1. The van der Waals surface area contributed by atoms with Gasteiger partial charge >= 0.3 is 0 Å². The Balaban J connectivity index is 1.90. The summed E-state index contributed by atoms with van der Waals surface area (Å²) in [7, 11) is 0. The zero-order valence-corrected chi connectivity index (χ0v) is 10.6. The smallest absolute Gasteiger partial charge is 0.262 e. The first kappa shape index (κ1) is 12.2. The maximum atomic E-state index is 12.2. The Labute approximate surface area is 113 Å². The van der Waals surface area contributed by atoms with Crippen LogP contribution >= 0.6 is 0 Å². The molecule has 1 aromatic carbocycles. The van der Waals surface area contributed by atoms with Crippen molar-refractivity contribution in [3.63, 3.8) is 0 Å². The molecule has 0 saturated heterocycles. The van der Waals surface area contributed by atoms with Crippen molar-refractivity contribution in [1.29, 1.82) is 0 Å². The molecule has 1 aromatic heterocycles. The van der Waals surface area contributed by atoms with Gasteiger partial charge in [0, 0.05) is 6.07 Å². The van der Waals surface area contributed by atoms with E-state index in [1.807, 2.05) is 0 Å². The Morgan fingerprint density at radius 2 is 2.30 bits per heavy atom. The van der Waals surface area contributed by atoms with E-state index >= 15 is 0 Å². The fourth-order valence-electron chi connectivity index (χ4n) is 1.90. The standard InChI is InChI=1S/C13H11N3O4/c1-7-5-10(16-20-7)14-13(18)8-3-2-4-9-12(8)15-11(17)6-19-9/h2-5H,6H2,1H3,(H,15,17)(H,14,16,18). The third kappa shape index (κ3) is 2.20. The van der Waals surface area contributed by atoms with Gasteiger partial charge in [-0.2, -0.15) is 0 Å². The number of nitrogens with one attached hydrogen (secondary N) is 2. The van der Waals surface area contributed by atoms with E-state index in [1.165, 1.54) is 0 Å². The molecule has 0 unspecified atom stereocenters. The van der Waals surface area contributed by atoms with Crippen LogP contribution < -0.4 is 15.4 Å². The average molecular weight is 273 g/mol. The highest BCUT2D eigenvalue weighted by Gasteiger charge is 2.22. The van der Waals surface area contributed by atoms with Crippen molar-refractivity contribution in [2.45, 2.75) is 6.92 Å². The second-order valence-electron chi connectivity index (χ2n) is 4.29. The van der Waals surface area contributed by atoms with Crippen LogP contribution in [0.2, 0.25) is 0 Å². The van der Waals surface area contributed by atoms with E-state index in [0.717, 1.165) is 0 Å². The van der Waals surface area contributed by atoms with E-state index in [4.69, 9.17) is 9.26 Å². The molecule has 1 aliphatic heterocycles. The quantitative estimate of drug-likeness (QED) is 0.866. The van der Waals surface area contributed by atoms with Crippen LogP contribution in [0.15, 0.2) is 28.8 Å². The van der Waals surface area contributed by atoms with Crippen LogP contribution in [-0.2, 0) is 4.79 Å². The number of aryl methyl sites for hydroxylation is 1. The molecule has 102 valence electrons. The molecule has 0 atom stereocenters. The van der Waals surface area contributed by atoms with Crippen molar-refractivity contribution in [1.82, 2.24) is 5.16 Å². The molecule has 1 aliphatic rings. The molecule has 0 aliphatic carbocycles. The van der Waals surface area contributed by atoms with Gasteiger partial charge in [0.1, 0.15) is 11.5 Å². The number of hydrogen-bond acceptors (Lipinski definition) is 5. The van der Waals surface area contributed by atoms with Crippen LogP contribution in [0.5, 0.6) is 5.75 Å². The fourth-order valence-corrected chi connectivity index (χ4v) is 1.90. The van der Waals surface area contributed by atoms with E-state index < -0.39 is 5.91 Å². The molecule has 7 nitrogen and oxygen atoms in total. The van der Waals surface area contributed by atoms with Gasteiger partial charge in [-0.3, -0.25) is 9.59 Å². The third-order valence-electron chi connectivity index (χ3n) is 2.76. The van der Waals surface area contributed by atoms with Gasteiger partial charge in [0.25, 0.3) is 11.8 Å². The highest BCUT2D eigenvalue weighted by Crippen LogP contribution is 2.31. The summed E-state index contributed by atoms with van der Waals surface area (Å²) in [5.41, 5.74) is 0.665. The Kier molecular flexibility index (Phi) is 2.86. The zero-order chi connectivity index (χ0) is 14.1. The predicted molar refractivity (Wildman–Crippen MR) is 69.8 cm³/mol. The highest BCUT2D eigenvalue weighted by atomic mass is 16.5. The minimum absolute atomic E-state index is 0.0550. The predicted octanol–water partition coefficient (Wildman–Crippen LogP) is 1.57. The van der Waals surface area contributed by atoms with Crippen molar-refractivity contribution < 1.29 is 18.8 Å². The molecule has 0 fully saturated rings.